The minimum atomic E-state index is -1.54. The maximum absolute atomic E-state index is 12.7. The van der Waals surface area contributed by atoms with Crippen LogP contribution < -0.4 is 10.5 Å². The van der Waals surface area contributed by atoms with Crippen LogP contribution in [0, 0.1) is 20.8 Å². The number of nitrogens with two attached hydrogens (primary N) is 1. The zero-order valence-corrected chi connectivity index (χ0v) is 22.5. The maximum Gasteiger partial charge on any atom is 0.331 e. The van der Waals surface area contributed by atoms with Crippen molar-refractivity contribution in [1.29, 1.82) is 0 Å². The van der Waals surface area contributed by atoms with Crippen LogP contribution in [0.3, 0.4) is 0 Å². The van der Waals surface area contributed by atoms with Crippen LogP contribution in [0.4, 0.5) is 0 Å². The van der Waals surface area contributed by atoms with Crippen LogP contribution >= 0.6 is 0 Å². The Kier molecular flexibility index (Phi) is 7.19. The van der Waals surface area contributed by atoms with E-state index in [9.17, 15) is 24.6 Å². The number of nitrogens with zero attached hydrogens (tertiary/aromatic N) is 2. The summed E-state index contributed by atoms with van der Waals surface area (Å²) in [5.74, 6) is -2.21. The van der Waals surface area contributed by atoms with Gasteiger partial charge in [0.2, 0.25) is 0 Å². The Morgan fingerprint density at radius 3 is 2.38 bits per heavy atom. The fraction of sp³-hybridized carbons (Fsp3) is 0.267. The second-order valence-corrected chi connectivity index (χ2v) is 9.93. The van der Waals surface area contributed by atoms with Gasteiger partial charge in [-0.3, -0.25) is 14.3 Å². The Hall–Kier alpha value is -4.66. The molecule has 1 aromatic heterocycles. The molecular formula is C30H31N3O6. The fourth-order valence-corrected chi connectivity index (χ4v) is 5.21. The maximum atomic E-state index is 12.7. The van der Waals surface area contributed by atoms with Crippen molar-refractivity contribution >= 4 is 17.8 Å². The minimum absolute atomic E-state index is 0.0732. The van der Waals surface area contributed by atoms with Gasteiger partial charge in [0, 0.05) is 30.2 Å². The molecule has 0 saturated heterocycles. The molecule has 1 amide bonds. The summed E-state index contributed by atoms with van der Waals surface area (Å²) in [5, 5.41) is 24.5. The number of carboxylic acid groups (broad SMARTS) is 2. The molecule has 0 radical (unpaired) electrons. The quantitative estimate of drug-likeness (QED) is 0.393. The zero-order chi connectivity index (χ0) is 28.6. The van der Waals surface area contributed by atoms with Crippen LogP contribution in [0.5, 0.6) is 5.75 Å². The van der Waals surface area contributed by atoms with Crippen LogP contribution in [0.2, 0.25) is 0 Å². The van der Waals surface area contributed by atoms with E-state index < -0.39 is 23.3 Å². The highest BCUT2D eigenvalue weighted by atomic mass is 16.5. The van der Waals surface area contributed by atoms with Gasteiger partial charge in [-0.15, -0.1) is 0 Å². The predicted molar refractivity (Wildman–Crippen MR) is 146 cm³/mol. The van der Waals surface area contributed by atoms with Gasteiger partial charge < -0.3 is 20.7 Å². The summed E-state index contributed by atoms with van der Waals surface area (Å²) in [7, 11) is 1.67. The molecule has 0 aliphatic heterocycles. The molecule has 4 rings (SSSR count). The molecule has 1 unspecified atom stereocenters. The Bertz CT molecular complexity index is 1580. The molecule has 1 atom stereocenters. The average Bonchev–Trinajstić information content (AvgIpc) is 3.17. The lowest BCUT2D eigenvalue weighted by Gasteiger charge is -2.32. The van der Waals surface area contributed by atoms with E-state index in [2.05, 4.69) is 5.10 Å². The van der Waals surface area contributed by atoms with E-state index in [-0.39, 0.29) is 18.6 Å². The van der Waals surface area contributed by atoms with E-state index in [1.54, 1.807) is 45.2 Å². The summed E-state index contributed by atoms with van der Waals surface area (Å²) in [5.41, 5.74) is 9.89. The number of aliphatic carboxylic acids is 2. The lowest BCUT2D eigenvalue weighted by atomic mass is 9.69. The van der Waals surface area contributed by atoms with Gasteiger partial charge in [0.15, 0.2) is 0 Å². The number of aromatic nitrogens is 2. The second-order valence-electron chi connectivity index (χ2n) is 9.93. The summed E-state index contributed by atoms with van der Waals surface area (Å²) in [6, 6.07) is 10.9. The van der Waals surface area contributed by atoms with E-state index in [1.165, 1.54) is 4.68 Å². The molecule has 9 heteroatoms. The lowest BCUT2D eigenvalue weighted by molar-refractivity contribution is -0.142. The fourth-order valence-electron chi connectivity index (χ4n) is 5.21. The van der Waals surface area contributed by atoms with Crippen LogP contribution in [-0.2, 0) is 28.7 Å². The number of carbonyl (C=O) groups excluding carboxylic acids is 1. The summed E-state index contributed by atoms with van der Waals surface area (Å²) >= 11 is 0. The summed E-state index contributed by atoms with van der Waals surface area (Å²) in [4.78, 5) is 36.3. The van der Waals surface area contributed by atoms with Crippen molar-refractivity contribution in [3.8, 4) is 17.0 Å². The summed E-state index contributed by atoms with van der Waals surface area (Å²) in [6.07, 6.45) is 2.98. The molecule has 2 aromatic carbocycles. The van der Waals surface area contributed by atoms with Gasteiger partial charge in [0.25, 0.3) is 5.91 Å². The van der Waals surface area contributed by atoms with E-state index in [0.29, 0.717) is 39.4 Å². The SMILES string of the molecule is CC1=C(C(=O)O)CC(C(=O)O)(c2cccc(C)c2COc2ccc(-c3nn(C)c(C(N)=O)c3C)cc2C)C=C1. The van der Waals surface area contributed by atoms with Crippen LogP contribution in [0.15, 0.2) is 59.7 Å². The molecule has 0 spiro atoms. The number of hydrogen-bond donors (Lipinski definition) is 3. The first-order valence-electron chi connectivity index (χ1n) is 12.4. The highest BCUT2D eigenvalue weighted by Gasteiger charge is 2.43. The highest BCUT2D eigenvalue weighted by Crippen LogP contribution is 2.41. The van der Waals surface area contributed by atoms with Gasteiger partial charge in [-0.25, -0.2) is 4.79 Å². The van der Waals surface area contributed by atoms with Crippen molar-refractivity contribution in [1.82, 2.24) is 9.78 Å². The number of benzene rings is 2. The van der Waals surface area contributed by atoms with Crippen LogP contribution in [0.25, 0.3) is 11.3 Å². The van der Waals surface area contributed by atoms with Crippen molar-refractivity contribution in [3.05, 3.63) is 93.2 Å². The molecule has 202 valence electrons. The first-order valence-corrected chi connectivity index (χ1v) is 12.4. The number of primary amides is 1. The summed E-state index contributed by atoms with van der Waals surface area (Å²) in [6.45, 7) is 7.32. The Balaban J connectivity index is 1.67. The van der Waals surface area contributed by atoms with Crippen molar-refractivity contribution < 1.29 is 29.3 Å². The number of hydrogen-bond acceptors (Lipinski definition) is 5. The smallest absolute Gasteiger partial charge is 0.331 e. The molecule has 1 aliphatic carbocycles. The number of aryl methyl sites for hydroxylation is 3. The largest absolute Gasteiger partial charge is 0.489 e. The number of carbonyl (C=O) groups is 3. The van der Waals surface area contributed by atoms with Crippen LogP contribution in [0.1, 0.15) is 51.7 Å². The topological polar surface area (TPSA) is 145 Å². The molecular weight excluding hydrogens is 498 g/mol. The van der Waals surface area contributed by atoms with Gasteiger partial charge >= 0.3 is 11.9 Å². The third-order valence-corrected chi connectivity index (χ3v) is 7.42. The molecule has 0 saturated carbocycles. The lowest BCUT2D eigenvalue weighted by Crippen LogP contribution is -2.38. The first kappa shape index (κ1) is 27.4. The third-order valence-electron chi connectivity index (χ3n) is 7.42. The Morgan fingerprint density at radius 1 is 1.08 bits per heavy atom. The van der Waals surface area contributed by atoms with Gasteiger partial charge in [-0.05, 0) is 73.7 Å². The highest BCUT2D eigenvalue weighted by molar-refractivity contribution is 5.95. The average molecular weight is 530 g/mol. The van der Waals surface area contributed by atoms with E-state index in [4.69, 9.17) is 10.5 Å². The van der Waals surface area contributed by atoms with Crippen molar-refractivity contribution in [2.45, 2.75) is 46.1 Å². The van der Waals surface area contributed by atoms with Crippen LogP contribution in [-0.4, -0.2) is 37.8 Å². The molecule has 1 heterocycles. The molecule has 39 heavy (non-hydrogen) atoms. The number of ether oxygens (including phenoxy) is 1. The van der Waals surface area contributed by atoms with Gasteiger partial charge in [0.05, 0.1) is 5.69 Å². The predicted octanol–water partition coefficient (Wildman–Crippen LogP) is 4.37. The van der Waals surface area contributed by atoms with Crippen molar-refractivity contribution in [2.24, 2.45) is 12.8 Å². The van der Waals surface area contributed by atoms with Crippen molar-refractivity contribution in [3.63, 3.8) is 0 Å². The monoisotopic (exact) mass is 529 g/mol. The first-order chi connectivity index (χ1) is 18.4. The molecule has 1 aliphatic rings. The van der Waals surface area contributed by atoms with Crippen molar-refractivity contribution in [2.75, 3.05) is 0 Å². The molecule has 3 aromatic rings. The third kappa shape index (κ3) is 4.83. The summed E-state index contributed by atoms with van der Waals surface area (Å²) < 4.78 is 7.67. The Morgan fingerprint density at radius 2 is 1.79 bits per heavy atom. The second kappa shape index (κ2) is 10.2. The molecule has 9 nitrogen and oxygen atoms in total. The minimum Gasteiger partial charge on any atom is -0.489 e. The number of amides is 1. The number of carboxylic acids is 2. The molecule has 0 fully saturated rings. The molecule has 0 bridgehead atoms. The zero-order valence-electron chi connectivity index (χ0n) is 22.5. The van der Waals surface area contributed by atoms with Gasteiger partial charge in [-0.2, -0.15) is 5.10 Å². The van der Waals surface area contributed by atoms with E-state index >= 15 is 0 Å². The van der Waals surface area contributed by atoms with Gasteiger partial charge in [0.1, 0.15) is 23.5 Å². The number of rotatable bonds is 8. The normalized spacial score (nSPS) is 16.8. The van der Waals surface area contributed by atoms with E-state index in [0.717, 1.165) is 16.7 Å². The molecule has 4 N–H and O–H groups in total. The van der Waals surface area contributed by atoms with Gasteiger partial charge in [-0.1, -0.05) is 30.4 Å². The Labute approximate surface area is 226 Å². The standard InChI is InChI=1S/C30H31N3O6/c1-16-7-6-8-23(30(29(37)38)12-11-17(2)21(14-30)28(35)36)22(16)15-39-24-10-9-20(13-18(24)3)25-19(4)26(27(31)34)33(5)32-25/h6-13H,14-15H2,1-5H3,(H2,31,34)(H,35,36)(H,37,38). The van der Waals surface area contributed by atoms with E-state index in [1.807, 2.05) is 38.1 Å². The number of allylic oxidation sites excluding steroid dienone is 2.